The molecule has 1 rings (SSSR count). The maximum absolute atomic E-state index is 12.3. The molecule has 0 aliphatic carbocycles. The predicted octanol–water partition coefficient (Wildman–Crippen LogP) is 6.63. The SMILES string of the molecule is CCCCCCCCCCCCCC(OCCOCCOCCOCC)(Oc1ccccc1)C(=O)O. The highest BCUT2D eigenvalue weighted by atomic mass is 16.7. The molecule has 7 nitrogen and oxygen atoms in total. The Kier molecular flexibility index (Phi) is 20.2. The van der Waals surface area contributed by atoms with Gasteiger partial charge in [0.25, 0.3) is 0 Å². The third-order valence-electron chi connectivity index (χ3n) is 5.97. The number of carbonyl (C=O) groups is 1. The molecule has 0 aromatic heterocycles. The quantitative estimate of drug-likeness (QED) is 0.111. The zero-order valence-electron chi connectivity index (χ0n) is 22.7. The van der Waals surface area contributed by atoms with Gasteiger partial charge in [-0.15, -0.1) is 0 Å². The molecule has 208 valence electrons. The summed E-state index contributed by atoms with van der Waals surface area (Å²) in [5.41, 5.74) is 0. The van der Waals surface area contributed by atoms with Crippen LogP contribution in [0.25, 0.3) is 0 Å². The second-order valence-corrected chi connectivity index (χ2v) is 9.03. The standard InChI is InChI=1S/C29H50O7/c1-3-5-6-7-8-9-10-11-12-13-17-20-29(28(30)31,36-27-18-15-14-16-19-27)35-26-25-34-24-23-33-22-21-32-4-2/h14-16,18-19H,3-13,17,20-26H2,1-2H3,(H,30,31). The second-order valence-electron chi connectivity index (χ2n) is 9.03. The van der Waals surface area contributed by atoms with Crippen molar-refractivity contribution in [1.82, 2.24) is 0 Å². The highest BCUT2D eigenvalue weighted by Crippen LogP contribution is 2.26. The molecule has 0 heterocycles. The molecule has 0 bridgehead atoms. The molecule has 0 amide bonds. The lowest BCUT2D eigenvalue weighted by Crippen LogP contribution is -2.48. The van der Waals surface area contributed by atoms with Crippen molar-refractivity contribution < 1.29 is 33.6 Å². The molecule has 1 N–H and O–H groups in total. The Morgan fingerprint density at radius 1 is 0.694 bits per heavy atom. The second kappa shape index (κ2) is 22.5. The van der Waals surface area contributed by atoms with Crippen LogP contribution in [0.1, 0.15) is 90.9 Å². The summed E-state index contributed by atoms with van der Waals surface area (Å²) in [4.78, 5) is 12.3. The molecule has 0 aliphatic heterocycles. The molecule has 1 unspecified atom stereocenters. The van der Waals surface area contributed by atoms with Crippen LogP contribution in [0, 0.1) is 0 Å². The van der Waals surface area contributed by atoms with E-state index >= 15 is 0 Å². The van der Waals surface area contributed by atoms with Crippen LogP contribution in [0.3, 0.4) is 0 Å². The summed E-state index contributed by atoms with van der Waals surface area (Å²) in [5, 5.41) is 10.1. The van der Waals surface area contributed by atoms with Crippen LogP contribution in [0.2, 0.25) is 0 Å². The normalized spacial score (nSPS) is 12.9. The van der Waals surface area contributed by atoms with Gasteiger partial charge in [-0.25, -0.2) is 4.79 Å². The lowest BCUT2D eigenvalue weighted by Gasteiger charge is -2.30. The third kappa shape index (κ3) is 16.1. The molecule has 1 atom stereocenters. The summed E-state index contributed by atoms with van der Waals surface area (Å²) in [6.07, 6.45) is 13.4. The minimum absolute atomic E-state index is 0.121. The van der Waals surface area contributed by atoms with Crippen molar-refractivity contribution in [2.45, 2.75) is 96.7 Å². The van der Waals surface area contributed by atoms with Gasteiger partial charge in [-0.1, -0.05) is 89.3 Å². The van der Waals surface area contributed by atoms with E-state index in [2.05, 4.69) is 6.92 Å². The van der Waals surface area contributed by atoms with Crippen LogP contribution in [0.5, 0.6) is 5.75 Å². The average molecular weight is 511 g/mol. The molecule has 0 fully saturated rings. The first-order chi connectivity index (χ1) is 17.6. The summed E-state index contributed by atoms with van der Waals surface area (Å²) in [7, 11) is 0. The van der Waals surface area contributed by atoms with E-state index < -0.39 is 11.8 Å². The van der Waals surface area contributed by atoms with Crippen LogP contribution in [0.4, 0.5) is 0 Å². The monoisotopic (exact) mass is 510 g/mol. The third-order valence-corrected chi connectivity index (χ3v) is 5.97. The van der Waals surface area contributed by atoms with E-state index in [0.717, 1.165) is 19.3 Å². The Balaban J connectivity index is 2.39. The van der Waals surface area contributed by atoms with Gasteiger partial charge in [0.15, 0.2) is 0 Å². The fourth-order valence-electron chi connectivity index (χ4n) is 3.92. The number of ether oxygens (including phenoxy) is 5. The molecule has 0 spiro atoms. The molecule has 1 aromatic rings. The van der Waals surface area contributed by atoms with Crippen LogP contribution in [0.15, 0.2) is 30.3 Å². The number of rotatable bonds is 26. The number of para-hydroxylation sites is 1. The average Bonchev–Trinajstić information content (AvgIpc) is 2.88. The van der Waals surface area contributed by atoms with Gasteiger partial charge >= 0.3 is 11.8 Å². The molecule has 0 saturated heterocycles. The molecular weight excluding hydrogens is 460 g/mol. The molecule has 7 heteroatoms. The fraction of sp³-hybridized carbons (Fsp3) is 0.759. The number of hydrogen-bond acceptors (Lipinski definition) is 6. The van der Waals surface area contributed by atoms with Crippen molar-refractivity contribution in [3.8, 4) is 5.75 Å². The van der Waals surface area contributed by atoms with Gasteiger partial charge in [0.2, 0.25) is 0 Å². The van der Waals surface area contributed by atoms with Crippen molar-refractivity contribution >= 4 is 5.97 Å². The zero-order chi connectivity index (χ0) is 26.2. The van der Waals surface area contributed by atoms with E-state index in [-0.39, 0.29) is 19.6 Å². The molecule has 0 aliphatic rings. The number of benzene rings is 1. The van der Waals surface area contributed by atoms with E-state index in [1.165, 1.54) is 51.4 Å². The van der Waals surface area contributed by atoms with Crippen LogP contribution < -0.4 is 4.74 Å². The van der Waals surface area contributed by atoms with Crippen molar-refractivity contribution in [3.05, 3.63) is 30.3 Å². The largest absolute Gasteiger partial charge is 0.476 e. The lowest BCUT2D eigenvalue weighted by molar-refractivity contribution is -0.218. The maximum atomic E-state index is 12.3. The van der Waals surface area contributed by atoms with E-state index in [1.807, 2.05) is 25.1 Å². The summed E-state index contributed by atoms with van der Waals surface area (Å²) >= 11 is 0. The first kappa shape index (κ1) is 32.4. The summed E-state index contributed by atoms with van der Waals surface area (Å²) < 4.78 is 27.9. The number of unbranched alkanes of at least 4 members (excludes halogenated alkanes) is 10. The van der Waals surface area contributed by atoms with Gasteiger partial charge in [-0.05, 0) is 25.5 Å². The Morgan fingerprint density at radius 3 is 1.72 bits per heavy atom. The van der Waals surface area contributed by atoms with Crippen molar-refractivity contribution in [2.75, 3.05) is 46.2 Å². The Labute approximate surface area is 218 Å². The van der Waals surface area contributed by atoms with Crippen molar-refractivity contribution in [3.63, 3.8) is 0 Å². The molecule has 0 radical (unpaired) electrons. The number of carboxylic acids is 1. The Hall–Kier alpha value is -1.67. The molecule has 1 aromatic carbocycles. The Morgan fingerprint density at radius 2 is 1.19 bits per heavy atom. The van der Waals surface area contributed by atoms with Crippen LogP contribution in [-0.4, -0.2) is 63.1 Å². The van der Waals surface area contributed by atoms with Crippen molar-refractivity contribution in [2.24, 2.45) is 0 Å². The van der Waals surface area contributed by atoms with E-state index in [9.17, 15) is 9.90 Å². The molecule has 0 saturated carbocycles. The van der Waals surface area contributed by atoms with E-state index in [0.29, 0.717) is 38.8 Å². The Bertz CT molecular complexity index is 625. The van der Waals surface area contributed by atoms with Crippen LogP contribution in [-0.2, 0) is 23.7 Å². The van der Waals surface area contributed by atoms with Gasteiger partial charge in [-0.3, -0.25) is 0 Å². The summed E-state index contributed by atoms with van der Waals surface area (Å²) in [5.74, 6) is -2.36. The first-order valence-electron chi connectivity index (χ1n) is 14.0. The van der Waals surface area contributed by atoms with Gasteiger partial charge in [-0.2, -0.15) is 0 Å². The smallest absolute Gasteiger partial charge is 0.377 e. The molecule has 36 heavy (non-hydrogen) atoms. The van der Waals surface area contributed by atoms with Gasteiger partial charge < -0.3 is 28.8 Å². The summed E-state index contributed by atoms with van der Waals surface area (Å²) in [6.45, 7) is 7.20. The highest BCUT2D eigenvalue weighted by Gasteiger charge is 2.42. The molecular formula is C29H50O7. The van der Waals surface area contributed by atoms with Crippen LogP contribution >= 0.6 is 0 Å². The first-order valence-corrected chi connectivity index (χ1v) is 14.0. The number of carboxylic acid groups (broad SMARTS) is 1. The maximum Gasteiger partial charge on any atom is 0.377 e. The van der Waals surface area contributed by atoms with Gasteiger partial charge in [0.05, 0.1) is 39.6 Å². The van der Waals surface area contributed by atoms with E-state index in [4.69, 9.17) is 23.7 Å². The number of hydrogen-bond donors (Lipinski definition) is 1. The minimum Gasteiger partial charge on any atom is -0.476 e. The van der Waals surface area contributed by atoms with Crippen molar-refractivity contribution in [1.29, 1.82) is 0 Å². The topological polar surface area (TPSA) is 83.5 Å². The highest BCUT2D eigenvalue weighted by molar-refractivity contribution is 5.76. The predicted molar refractivity (Wildman–Crippen MR) is 143 cm³/mol. The van der Waals surface area contributed by atoms with Gasteiger partial charge in [0.1, 0.15) is 5.75 Å². The minimum atomic E-state index is -1.72. The summed E-state index contributed by atoms with van der Waals surface area (Å²) in [6, 6.07) is 9.00. The zero-order valence-corrected chi connectivity index (χ0v) is 22.7. The van der Waals surface area contributed by atoms with E-state index in [1.54, 1.807) is 12.1 Å². The fourth-order valence-corrected chi connectivity index (χ4v) is 3.92. The van der Waals surface area contributed by atoms with Gasteiger partial charge in [0, 0.05) is 13.0 Å². The lowest BCUT2D eigenvalue weighted by atomic mass is 10.0. The number of aliphatic carboxylic acids is 1.